The molecule has 0 atom stereocenters. The molecule has 6 nitrogen and oxygen atoms in total. The Morgan fingerprint density at radius 3 is 2.19 bits per heavy atom. The molecule has 2 aromatic carbocycles. The molecule has 0 unspecified atom stereocenters. The normalized spacial score (nSPS) is 10.5. The van der Waals surface area contributed by atoms with Crippen LogP contribution in [0.1, 0.15) is 16.7 Å². The van der Waals surface area contributed by atoms with Crippen LogP contribution in [-0.2, 0) is 4.79 Å². The van der Waals surface area contributed by atoms with Gasteiger partial charge < -0.3 is 10.1 Å². The van der Waals surface area contributed by atoms with E-state index >= 15 is 0 Å². The van der Waals surface area contributed by atoms with Crippen LogP contribution in [0.15, 0.2) is 18.2 Å². The smallest absolute Gasteiger partial charge is 0.269 e. The predicted octanol–water partition coefficient (Wildman–Crippen LogP) is 5.50. The number of halogens is 3. The van der Waals surface area contributed by atoms with Gasteiger partial charge in [-0.1, -0.05) is 34.8 Å². The first-order valence-corrected chi connectivity index (χ1v) is 8.58. The molecule has 0 aliphatic heterocycles. The van der Waals surface area contributed by atoms with Crippen molar-refractivity contribution in [3.8, 4) is 5.75 Å². The average molecular weight is 418 g/mol. The monoisotopic (exact) mass is 416 g/mol. The zero-order chi connectivity index (χ0) is 19.6. The second-order valence-corrected chi connectivity index (χ2v) is 6.75. The molecule has 0 aliphatic carbocycles. The summed E-state index contributed by atoms with van der Waals surface area (Å²) in [7, 11) is 0. The van der Waals surface area contributed by atoms with Crippen LogP contribution >= 0.6 is 34.8 Å². The zero-order valence-electron chi connectivity index (χ0n) is 14.2. The van der Waals surface area contributed by atoms with Crippen LogP contribution in [0.25, 0.3) is 0 Å². The van der Waals surface area contributed by atoms with Gasteiger partial charge in [0.2, 0.25) is 0 Å². The number of nitrogens with one attached hydrogen (secondary N) is 1. The Kier molecular flexibility index (Phi) is 6.34. The highest BCUT2D eigenvalue weighted by Gasteiger charge is 2.19. The number of nitro benzene ring substituents is 1. The van der Waals surface area contributed by atoms with Gasteiger partial charge in [0, 0.05) is 22.8 Å². The third-order valence-electron chi connectivity index (χ3n) is 3.76. The van der Waals surface area contributed by atoms with Crippen LogP contribution in [0.3, 0.4) is 0 Å². The van der Waals surface area contributed by atoms with Gasteiger partial charge in [-0.25, -0.2) is 0 Å². The Bertz CT molecular complexity index is 871. The first-order chi connectivity index (χ1) is 12.1. The molecule has 0 heterocycles. The van der Waals surface area contributed by atoms with Gasteiger partial charge >= 0.3 is 0 Å². The number of ether oxygens (including phenoxy) is 1. The molecule has 0 spiro atoms. The molecule has 1 N–H and O–H groups in total. The van der Waals surface area contributed by atoms with Crippen molar-refractivity contribution in [1.29, 1.82) is 0 Å². The number of non-ortho nitro benzene ring substituents is 1. The molecule has 0 radical (unpaired) electrons. The van der Waals surface area contributed by atoms with Crippen molar-refractivity contribution in [2.45, 2.75) is 20.8 Å². The van der Waals surface area contributed by atoms with Crippen LogP contribution in [-0.4, -0.2) is 17.4 Å². The molecule has 0 bridgehead atoms. The fourth-order valence-corrected chi connectivity index (χ4v) is 3.08. The molecular weight excluding hydrogens is 403 g/mol. The van der Waals surface area contributed by atoms with E-state index in [0.29, 0.717) is 27.4 Å². The molecule has 2 aromatic rings. The van der Waals surface area contributed by atoms with Gasteiger partial charge in [0.25, 0.3) is 11.6 Å². The van der Waals surface area contributed by atoms with Crippen LogP contribution in [0.5, 0.6) is 5.75 Å². The summed E-state index contributed by atoms with van der Waals surface area (Å²) in [6.45, 7) is 4.77. The van der Waals surface area contributed by atoms with Gasteiger partial charge in [0.05, 0.1) is 15.0 Å². The minimum atomic E-state index is -0.503. The van der Waals surface area contributed by atoms with Crippen molar-refractivity contribution < 1.29 is 14.5 Å². The molecule has 26 heavy (non-hydrogen) atoms. The first kappa shape index (κ1) is 20.3. The quantitative estimate of drug-likeness (QED) is 0.514. The van der Waals surface area contributed by atoms with E-state index in [4.69, 9.17) is 39.5 Å². The molecule has 0 saturated heterocycles. The molecule has 2 rings (SSSR count). The highest BCUT2D eigenvalue weighted by Crippen LogP contribution is 2.42. The second-order valence-electron chi connectivity index (χ2n) is 5.61. The number of nitrogens with zero attached hydrogens (tertiary/aromatic N) is 1. The van der Waals surface area contributed by atoms with Crippen LogP contribution in [0.2, 0.25) is 15.1 Å². The van der Waals surface area contributed by atoms with Crippen molar-refractivity contribution in [3.05, 3.63) is 60.1 Å². The van der Waals surface area contributed by atoms with Gasteiger partial charge in [-0.3, -0.25) is 14.9 Å². The summed E-state index contributed by atoms with van der Waals surface area (Å²) in [4.78, 5) is 22.4. The van der Waals surface area contributed by atoms with E-state index in [1.54, 1.807) is 20.8 Å². The van der Waals surface area contributed by atoms with E-state index < -0.39 is 10.8 Å². The van der Waals surface area contributed by atoms with Crippen molar-refractivity contribution in [1.82, 2.24) is 0 Å². The van der Waals surface area contributed by atoms with Gasteiger partial charge in [-0.2, -0.15) is 0 Å². The highest BCUT2D eigenvalue weighted by molar-refractivity contribution is 6.42. The Morgan fingerprint density at radius 1 is 1.12 bits per heavy atom. The maximum Gasteiger partial charge on any atom is 0.269 e. The van der Waals surface area contributed by atoms with Gasteiger partial charge in [0.1, 0.15) is 0 Å². The Balaban J connectivity index is 2.12. The Hall–Kier alpha value is -2.02. The lowest BCUT2D eigenvalue weighted by molar-refractivity contribution is -0.384. The summed E-state index contributed by atoms with van der Waals surface area (Å²) < 4.78 is 5.48. The van der Waals surface area contributed by atoms with E-state index in [1.165, 1.54) is 18.2 Å². The Morgan fingerprint density at radius 2 is 1.69 bits per heavy atom. The lowest BCUT2D eigenvalue weighted by Gasteiger charge is -2.15. The first-order valence-electron chi connectivity index (χ1n) is 7.44. The number of amides is 1. The third kappa shape index (κ3) is 4.20. The fourth-order valence-electron chi connectivity index (χ4n) is 2.26. The molecule has 138 valence electrons. The number of rotatable bonds is 5. The van der Waals surface area contributed by atoms with Gasteiger partial charge in [-0.15, -0.1) is 0 Å². The van der Waals surface area contributed by atoms with Crippen molar-refractivity contribution >= 4 is 52.1 Å². The minimum Gasteiger partial charge on any atom is -0.481 e. The minimum absolute atomic E-state index is 0.0533. The summed E-state index contributed by atoms with van der Waals surface area (Å²) in [6.07, 6.45) is 0. The SMILES string of the molecule is Cc1cc([N+](=O)[O-])ccc1NC(=O)COc1c(Cl)c(C)c(Cl)c(C)c1Cl. The molecule has 0 aromatic heterocycles. The number of hydrogen-bond acceptors (Lipinski definition) is 4. The third-order valence-corrected chi connectivity index (χ3v) is 5.24. The maximum atomic E-state index is 12.1. The Labute approximate surface area is 165 Å². The number of anilines is 1. The van der Waals surface area contributed by atoms with E-state index in [-0.39, 0.29) is 28.1 Å². The zero-order valence-corrected chi connectivity index (χ0v) is 16.4. The molecular formula is C17H15Cl3N2O4. The fraction of sp³-hybridized carbons (Fsp3) is 0.235. The van der Waals surface area contributed by atoms with Crippen molar-refractivity contribution in [3.63, 3.8) is 0 Å². The summed E-state index contributed by atoms with van der Waals surface area (Å²) in [5.74, 6) is -0.275. The lowest BCUT2D eigenvalue weighted by Crippen LogP contribution is -2.21. The lowest BCUT2D eigenvalue weighted by atomic mass is 10.1. The van der Waals surface area contributed by atoms with Crippen molar-refractivity contribution in [2.75, 3.05) is 11.9 Å². The van der Waals surface area contributed by atoms with Crippen LogP contribution in [0.4, 0.5) is 11.4 Å². The van der Waals surface area contributed by atoms with E-state index in [0.717, 1.165) is 0 Å². The predicted molar refractivity (Wildman–Crippen MR) is 103 cm³/mol. The number of nitro groups is 1. The number of hydrogen-bond donors (Lipinski definition) is 1. The average Bonchev–Trinajstić information content (AvgIpc) is 2.59. The number of aryl methyl sites for hydroxylation is 1. The topological polar surface area (TPSA) is 81.5 Å². The number of carbonyl (C=O) groups excluding carboxylic acids is 1. The second kappa shape index (κ2) is 8.12. The summed E-state index contributed by atoms with van der Waals surface area (Å²) >= 11 is 18.5. The molecule has 1 amide bonds. The highest BCUT2D eigenvalue weighted by atomic mass is 35.5. The van der Waals surface area contributed by atoms with Gasteiger partial charge in [-0.05, 0) is 43.5 Å². The van der Waals surface area contributed by atoms with Gasteiger partial charge in [0.15, 0.2) is 12.4 Å². The molecule has 0 saturated carbocycles. The van der Waals surface area contributed by atoms with Crippen LogP contribution in [0, 0.1) is 30.9 Å². The number of benzene rings is 2. The number of carbonyl (C=O) groups is 1. The van der Waals surface area contributed by atoms with E-state index in [1.807, 2.05) is 0 Å². The molecule has 0 aliphatic rings. The van der Waals surface area contributed by atoms with E-state index in [2.05, 4.69) is 5.32 Å². The van der Waals surface area contributed by atoms with Crippen LogP contribution < -0.4 is 10.1 Å². The molecule has 0 fully saturated rings. The molecule has 9 heteroatoms. The van der Waals surface area contributed by atoms with Crippen molar-refractivity contribution in [2.24, 2.45) is 0 Å². The standard InChI is InChI=1S/C17H15Cl3N2O4/c1-8-6-11(22(24)25)4-5-12(8)21-13(23)7-26-17-15(19)9(2)14(18)10(3)16(17)20/h4-6H,7H2,1-3H3,(H,21,23). The summed E-state index contributed by atoms with van der Waals surface area (Å²) in [5.41, 5.74) is 2.17. The summed E-state index contributed by atoms with van der Waals surface area (Å²) in [5, 5.41) is 14.3. The van der Waals surface area contributed by atoms with E-state index in [9.17, 15) is 14.9 Å². The largest absolute Gasteiger partial charge is 0.481 e. The maximum absolute atomic E-state index is 12.1. The summed E-state index contributed by atoms with van der Waals surface area (Å²) in [6, 6.07) is 4.14.